The summed E-state index contributed by atoms with van der Waals surface area (Å²) in [5.41, 5.74) is 1.19. The number of hydrogen-bond acceptors (Lipinski definition) is 5. The third kappa shape index (κ3) is 4.98. The number of halogens is 1. The predicted molar refractivity (Wildman–Crippen MR) is 105 cm³/mol. The lowest BCUT2D eigenvalue weighted by molar-refractivity contribution is -0.114. The van der Waals surface area contributed by atoms with Crippen LogP contribution >= 0.6 is 11.6 Å². The van der Waals surface area contributed by atoms with Gasteiger partial charge in [-0.25, -0.2) is 8.42 Å². The summed E-state index contributed by atoms with van der Waals surface area (Å²) in [6.45, 7) is 1.28. The number of amides is 1. The Balaban J connectivity index is 1.68. The van der Waals surface area contributed by atoms with Gasteiger partial charge < -0.3 is 15.4 Å². The summed E-state index contributed by atoms with van der Waals surface area (Å²) in [7, 11) is -3.72. The molecule has 1 heterocycles. The average Bonchev–Trinajstić information content (AvgIpc) is 2.68. The Morgan fingerprint density at radius 3 is 2.48 bits per heavy atom. The van der Waals surface area contributed by atoms with Crippen LogP contribution in [0, 0.1) is 0 Å². The molecule has 1 aliphatic rings. The van der Waals surface area contributed by atoms with Gasteiger partial charge in [0.1, 0.15) is 4.90 Å². The molecule has 2 aromatic rings. The summed E-state index contributed by atoms with van der Waals surface area (Å²) >= 11 is 6.13. The van der Waals surface area contributed by atoms with Crippen molar-refractivity contribution in [3.8, 4) is 0 Å². The predicted octanol–water partition coefficient (Wildman–Crippen LogP) is 2.41. The lowest BCUT2D eigenvalue weighted by Crippen LogP contribution is -2.40. The Hall–Kier alpha value is -2.13. The molecule has 0 saturated carbocycles. The van der Waals surface area contributed by atoms with Crippen molar-refractivity contribution in [2.75, 3.05) is 43.5 Å². The van der Waals surface area contributed by atoms with Crippen LogP contribution < -0.4 is 10.6 Å². The number of morpholine rings is 1. The summed E-state index contributed by atoms with van der Waals surface area (Å²) in [4.78, 5) is 12.1. The number of carbonyl (C=O) groups is 1. The smallest absolute Gasteiger partial charge is 0.244 e. The van der Waals surface area contributed by atoms with E-state index in [2.05, 4.69) is 10.6 Å². The van der Waals surface area contributed by atoms with E-state index in [1.807, 2.05) is 18.2 Å². The third-order valence-electron chi connectivity index (χ3n) is 4.03. The molecule has 0 atom stereocenters. The Morgan fingerprint density at radius 1 is 1.07 bits per heavy atom. The van der Waals surface area contributed by atoms with E-state index in [0.29, 0.717) is 24.6 Å². The largest absolute Gasteiger partial charge is 0.379 e. The van der Waals surface area contributed by atoms with Crippen LogP contribution in [0.4, 0.5) is 11.4 Å². The number of para-hydroxylation sites is 1. The van der Waals surface area contributed by atoms with Gasteiger partial charge in [0, 0.05) is 24.5 Å². The van der Waals surface area contributed by atoms with Crippen LogP contribution in [0.3, 0.4) is 0 Å². The molecule has 1 saturated heterocycles. The molecule has 1 aliphatic heterocycles. The van der Waals surface area contributed by atoms with Crippen LogP contribution in [0.15, 0.2) is 53.4 Å². The topological polar surface area (TPSA) is 87.7 Å². The SMILES string of the molecule is O=C(CNc1ccc(Cl)c(S(=O)(=O)N2CCOCC2)c1)Nc1ccccc1. The highest BCUT2D eigenvalue weighted by molar-refractivity contribution is 7.89. The second-order valence-electron chi connectivity index (χ2n) is 5.93. The van der Waals surface area contributed by atoms with Crippen LogP contribution in [0.2, 0.25) is 5.02 Å². The van der Waals surface area contributed by atoms with Crippen molar-refractivity contribution < 1.29 is 17.9 Å². The minimum Gasteiger partial charge on any atom is -0.379 e. The number of ether oxygens (including phenoxy) is 1. The third-order valence-corrected chi connectivity index (χ3v) is 6.41. The van der Waals surface area contributed by atoms with Crippen LogP contribution in [-0.2, 0) is 19.6 Å². The Labute approximate surface area is 163 Å². The van der Waals surface area contributed by atoms with Gasteiger partial charge in [-0.1, -0.05) is 29.8 Å². The van der Waals surface area contributed by atoms with Crippen LogP contribution in [-0.4, -0.2) is 51.5 Å². The summed E-state index contributed by atoms with van der Waals surface area (Å²) in [6.07, 6.45) is 0. The molecule has 7 nitrogen and oxygen atoms in total. The van der Waals surface area contributed by atoms with Gasteiger partial charge in [0.15, 0.2) is 0 Å². The van der Waals surface area contributed by atoms with E-state index in [1.54, 1.807) is 18.2 Å². The first-order valence-electron chi connectivity index (χ1n) is 8.43. The van der Waals surface area contributed by atoms with Gasteiger partial charge >= 0.3 is 0 Å². The van der Waals surface area contributed by atoms with Crippen molar-refractivity contribution in [2.45, 2.75) is 4.90 Å². The first-order valence-corrected chi connectivity index (χ1v) is 10.2. The minimum atomic E-state index is -3.72. The standard InChI is InChI=1S/C18H20ClN3O4S/c19-16-7-6-15(20-13-18(23)21-14-4-2-1-3-5-14)12-17(16)27(24,25)22-8-10-26-11-9-22/h1-7,12,20H,8-11,13H2,(H,21,23). The molecular weight excluding hydrogens is 390 g/mol. The average molecular weight is 410 g/mol. The molecule has 0 aromatic heterocycles. The molecule has 2 aromatic carbocycles. The van der Waals surface area contributed by atoms with Crippen molar-refractivity contribution in [3.05, 3.63) is 53.6 Å². The number of benzene rings is 2. The molecule has 144 valence electrons. The van der Waals surface area contributed by atoms with Gasteiger partial charge in [0.05, 0.1) is 24.8 Å². The zero-order valence-electron chi connectivity index (χ0n) is 14.5. The lowest BCUT2D eigenvalue weighted by Gasteiger charge is -2.26. The van der Waals surface area contributed by atoms with E-state index in [-0.39, 0.29) is 35.5 Å². The summed E-state index contributed by atoms with van der Waals surface area (Å²) in [6, 6.07) is 13.7. The van der Waals surface area contributed by atoms with Gasteiger partial charge in [-0.3, -0.25) is 4.79 Å². The molecule has 2 N–H and O–H groups in total. The van der Waals surface area contributed by atoms with Crippen molar-refractivity contribution >= 4 is 38.9 Å². The quantitative estimate of drug-likeness (QED) is 0.765. The van der Waals surface area contributed by atoms with Gasteiger partial charge in [-0.15, -0.1) is 0 Å². The number of anilines is 2. The van der Waals surface area contributed by atoms with Gasteiger partial charge in [-0.05, 0) is 30.3 Å². The van der Waals surface area contributed by atoms with E-state index < -0.39 is 10.0 Å². The molecule has 0 spiro atoms. The van der Waals surface area contributed by atoms with E-state index in [4.69, 9.17) is 16.3 Å². The van der Waals surface area contributed by atoms with E-state index >= 15 is 0 Å². The van der Waals surface area contributed by atoms with Crippen molar-refractivity contribution in [1.82, 2.24) is 4.31 Å². The highest BCUT2D eigenvalue weighted by Crippen LogP contribution is 2.28. The zero-order chi connectivity index (χ0) is 19.3. The molecule has 0 radical (unpaired) electrons. The highest BCUT2D eigenvalue weighted by atomic mass is 35.5. The van der Waals surface area contributed by atoms with E-state index in [1.165, 1.54) is 16.4 Å². The van der Waals surface area contributed by atoms with Crippen molar-refractivity contribution in [3.63, 3.8) is 0 Å². The number of sulfonamides is 1. The summed E-state index contributed by atoms with van der Waals surface area (Å²) < 4.78 is 32.2. The fraction of sp³-hybridized carbons (Fsp3) is 0.278. The fourth-order valence-corrected chi connectivity index (χ4v) is 4.55. The molecule has 0 unspecified atom stereocenters. The monoisotopic (exact) mass is 409 g/mol. The molecule has 0 bridgehead atoms. The number of nitrogens with zero attached hydrogens (tertiary/aromatic N) is 1. The molecule has 1 amide bonds. The molecule has 3 rings (SSSR count). The van der Waals surface area contributed by atoms with Gasteiger partial charge in [-0.2, -0.15) is 4.31 Å². The van der Waals surface area contributed by atoms with Crippen molar-refractivity contribution in [2.24, 2.45) is 0 Å². The Kier molecular flexibility index (Phi) is 6.33. The van der Waals surface area contributed by atoms with Gasteiger partial charge in [0.25, 0.3) is 0 Å². The van der Waals surface area contributed by atoms with Crippen LogP contribution in [0.1, 0.15) is 0 Å². The summed E-state index contributed by atoms with van der Waals surface area (Å²) in [5, 5.41) is 5.82. The van der Waals surface area contributed by atoms with Crippen LogP contribution in [0.5, 0.6) is 0 Å². The fourth-order valence-electron chi connectivity index (χ4n) is 2.65. The molecular formula is C18H20ClN3O4S. The number of carbonyl (C=O) groups excluding carboxylic acids is 1. The maximum absolute atomic E-state index is 12.8. The van der Waals surface area contributed by atoms with E-state index in [9.17, 15) is 13.2 Å². The second kappa shape index (κ2) is 8.71. The first-order chi connectivity index (χ1) is 13.0. The van der Waals surface area contributed by atoms with Crippen molar-refractivity contribution in [1.29, 1.82) is 0 Å². The molecule has 27 heavy (non-hydrogen) atoms. The molecule has 9 heteroatoms. The maximum Gasteiger partial charge on any atom is 0.244 e. The number of nitrogens with one attached hydrogen (secondary N) is 2. The molecule has 0 aliphatic carbocycles. The number of hydrogen-bond donors (Lipinski definition) is 2. The normalized spacial score (nSPS) is 15.3. The zero-order valence-corrected chi connectivity index (χ0v) is 16.1. The summed E-state index contributed by atoms with van der Waals surface area (Å²) in [5.74, 6) is -0.242. The highest BCUT2D eigenvalue weighted by Gasteiger charge is 2.28. The van der Waals surface area contributed by atoms with Crippen LogP contribution in [0.25, 0.3) is 0 Å². The first kappa shape index (κ1) is 19.6. The maximum atomic E-state index is 12.8. The minimum absolute atomic E-state index is 0.00638. The second-order valence-corrected chi connectivity index (χ2v) is 8.24. The Bertz CT molecular complexity index is 900. The Morgan fingerprint density at radius 2 is 1.78 bits per heavy atom. The number of rotatable bonds is 6. The van der Waals surface area contributed by atoms with Gasteiger partial charge in [0.2, 0.25) is 15.9 Å². The van der Waals surface area contributed by atoms with E-state index in [0.717, 1.165) is 0 Å². The lowest BCUT2D eigenvalue weighted by atomic mass is 10.3. The molecule has 1 fully saturated rings.